The molecule has 1 aliphatic heterocycles. The predicted octanol–water partition coefficient (Wildman–Crippen LogP) is 3.82. The van der Waals surface area contributed by atoms with Gasteiger partial charge in [0.25, 0.3) is 0 Å². The van der Waals surface area contributed by atoms with Gasteiger partial charge < -0.3 is 9.47 Å². The van der Waals surface area contributed by atoms with Crippen LogP contribution in [0, 0.1) is 6.92 Å². The van der Waals surface area contributed by atoms with Gasteiger partial charge in [0.1, 0.15) is 0 Å². The first-order valence-electron chi connectivity index (χ1n) is 5.69. The molecular formula is C12H17BrO2S. The zero-order valence-corrected chi connectivity index (χ0v) is 11.9. The van der Waals surface area contributed by atoms with Crippen LogP contribution in [0.3, 0.4) is 0 Å². The van der Waals surface area contributed by atoms with E-state index in [1.165, 1.54) is 34.6 Å². The quantitative estimate of drug-likeness (QED) is 0.608. The average molecular weight is 305 g/mol. The summed E-state index contributed by atoms with van der Waals surface area (Å²) in [5, 5.41) is 1.10. The van der Waals surface area contributed by atoms with Crippen LogP contribution in [-0.2, 0) is 15.9 Å². The highest BCUT2D eigenvalue weighted by Gasteiger charge is 2.22. The van der Waals surface area contributed by atoms with Gasteiger partial charge in [0.15, 0.2) is 6.29 Å². The van der Waals surface area contributed by atoms with Gasteiger partial charge in [-0.2, -0.15) is 0 Å². The van der Waals surface area contributed by atoms with Gasteiger partial charge in [-0.25, -0.2) is 0 Å². The minimum Gasteiger partial charge on any atom is -0.345 e. The standard InChI is InChI=1S/C12H17BrO2S/c1-9-8-10(4-2-3-5-13)16-11(9)12-14-6-7-15-12/h8,12H,2-7H2,1H3. The van der Waals surface area contributed by atoms with E-state index in [2.05, 4.69) is 28.9 Å². The second-order valence-electron chi connectivity index (χ2n) is 3.98. The van der Waals surface area contributed by atoms with Crippen LogP contribution >= 0.6 is 27.3 Å². The maximum atomic E-state index is 5.54. The molecule has 1 aliphatic rings. The highest BCUT2D eigenvalue weighted by Crippen LogP contribution is 2.33. The Kier molecular flexibility index (Phi) is 4.82. The van der Waals surface area contributed by atoms with Crippen molar-refractivity contribution >= 4 is 27.3 Å². The molecule has 2 rings (SSSR count). The zero-order valence-electron chi connectivity index (χ0n) is 9.50. The maximum absolute atomic E-state index is 5.54. The molecule has 1 aromatic heterocycles. The van der Waals surface area contributed by atoms with Crippen LogP contribution < -0.4 is 0 Å². The lowest BCUT2D eigenvalue weighted by Gasteiger charge is -2.06. The van der Waals surface area contributed by atoms with Crippen LogP contribution in [0.1, 0.15) is 34.4 Å². The van der Waals surface area contributed by atoms with Gasteiger partial charge in [0.2, 0.25) is 0 Å². The van der Waals surface area contributed by atoms with Crippen molar-refractivity contribution in [2.24, 2.45) is 0 Å². The summed E-state index contributed by atoms with van der Waals surface area (Å²) in [5.41, 5.74) is 1.31. The molecule has 90 valence electrons. The molecule has 16 heavy (non-hydrogen) atoms. The highest BCUT2D eigenvalue weighted by molar-refractivity contribution is 9.09. The van der Waals surface area contributed by atoms with E-state index in [1.807, 2.05) is 11.3 Å². The average Bonchev–Trinajstić information content (AvgIpc) is 2.87. The fourth-order valence-corrected chi connectivity index (χ4v) is 3.44. The fraction of sp³-hybridized carbons (Fsp3) is 0.667. The van der Waals surface area contributed by atoms with E-state index >= 15 is 0 Å². The molecule has 0 saturated carbocycles. The minimum atomic E-state index is -0.102. The Morgan fingerprint density at radius 3 is 2.81 bits per heavy atom. The maximum Gasteiger partial charge on any atom is 0.193 e. The first-order valence-corrected chi connectivity index (χ1v) is 7.63. The Hall–Kier alpha value is 0.1000. The number of aryl methyl sites for hydroxylation is 2. The second kappa shape index (κ2) is 6.15. The van der Waals surface area contributed by atoms with E-state index in [-0.39, 0.29) is 6.29 Å². The van der Waals surface area contributed by atoms with Gasteiger partial charge in [0.05, 0.1) is 18.1 Å². The SMILES string of the molecule is Cc1cc(CCCCBr)sc1C1OCCO1. The summed E-state index contributed by atoms with van der Waals surface area (Å²) in [7, 11) is 0. The smallest absolute Gasteiger partial charge is 0.193 e. The van der Waals surface area contributed by atoms with E-state index in [4.69, 9.17) is 9.47 Å². The third kappa shape index (κ3) is 3.06. The summed E-state index contributed by atoms with van der Waals surface area (Å²) in [6, 6.07) is 2.28. The Balaban J connectivity index is 1.97. The van der Waals surface area contributed by atoms with Crippen molar-refractivity contribution in [3.8, 4) is 0 Å². The third-order valence-electron chi connectivity index (χ3n) is 2.65. The van der Waals surface area contributed by atoms with Crippen molar-refractivity contribution in [2.75, 3.05) is 18.5 Å². The first kappa shape index (κ1) is 12.6. The molecule has 0 bridgehead atoms. The number of halogens is 1. The van der Waals surface area contributed by atoms with Gasteiger partial charge in [-0.1, -0.05) is 15.9 Å². The predicted molar refractivity (Wildman–Crippen MR) is 70.4 cm³/mol. The van der Waals surface area contributed by atoms with Crippen molar-refractivity contribution in [2.45, 2.75) is 32.5 Å². The van der Waals surface area contributed by atoms with Gasteiger partial charge >= 0.3 is 0 Å². The number of hydrogen-bond donors (Lipinski definition) is 0. The summed E-state index contributed by atoms with van der Waals surface area (Å²) in [4.78, 5) is 2.71. The molecule has 0 aromatic carbocycles. The normalized spacial score (nSPS) is 17.1. The summed E-state index contributed by atoms with van der Waals surface area (Å²) < 4.78 is 11.1. The van der Waals surface area contributed by atoms with E-state index in [0.29, 0.717) is 0 Å². The number of alkyl halides is 1. The molecule has 1 fully saturated rings. The number of rotatable bonds is 5. The molecule has 0 unspecified atom stereocenters. The van der Waals surface area contributed by atoms with E-state index in [0.717, 1.165) is 18.5 Å². The van der Waals surface area contributed by atoms with Crippen molar-refractivity contribution in [1.82, 2.24) is 0 Å². The van der Waals surface area contributed by atoms with Gasteiger partial charge in [-0.15, -0.1) is 11.3 Å². The van der Waals surface area contributed by atoms with Crippen LogP contribution in [0.2, 0.25) is 0 Å². The molecule has 0 aliphatic carbocycles. The Morgan fingerprint density at radius 2 is 2.12 bits per heavy atom. The van der Waals surface area contributed by atoms with Gasteiger partial charge in [0, 0.05) is 10.2 Å². The molecule has 0 amide bonds. The fourth-order valence-electron chi connectivity index (χ4n) is 1.82. The molecule has 2 heterocycles. The van der Waals surface area contributed by atoms with E-state index < -0.39 is 0 Å². The largest absolute Gasteiger partial charge is 0.345 e. The van der Waals surface area contributed by atoms with Gasteiger partial charge in [-0.05, 0) is 37.8 Å². The first-order chi connectivity index (χ1) is 7.81. The monoisotopic (exact) mass is 304 g/mol. The van der Waals surface area contributed by atoms with Crippen LogP contribution in [0.5, 0.6) is 0 Å². The van der Waals surface area contributed by atoms with Crippen LogP contribution in [-0.4, -0.2) is 18.5 Å². The molecule has 0 N–H and O–H groups in total. The number of hydrogen-bond acceptors (Lipinski definition) is 3. The second-order valence-corrected chi connectivity index (χ2v) is 5.94. The summed E-state index contributed by atoms with van der Waals surface area (Å²) in [5.74, 6) is 0. The lowest BCUT2D eigenvalue weighted by atomic mass is 10.2. The molecule has 0 atom stereocenters. The van der Waals surface area contributed by atoms with Crippen molar-refractivity contribution < 1.29 is 9.47 Å². The van der Waals surface area contributed by atoms with E-state index in [1.54, 1.807) is 0 Å². The topological polar surface area (TPSA) is 18.5 Å². The molecule has 0 radical (unpaired) electrons. The minimum absolute atomic E-state index is 0.102. The summed E-state index contributed by atoms with van der Waals surface area (Å²) in [6.07, 6.45) is 3.55. The highest BCUT2D eigenvalue weighted by atomic mass is 79.9. The molecule has 0 spiro atoms. The van der Waals surface area contributed by atoms with Crippen LogP contribution in [0.4, 0.5) is 0 Å². The van der Waals surface area contributed by atoms with Crippen LogP contribution in [0.25, 0.3) is 0 Å². The Morgan fingerprint density at radius 1 is 1.38 bits per heavy atom. The number of thiophene rings is 1. The van der Waals surface area contributed by atoms with Crippen molar-refractivity contribution in [3.05, 3.63) is 21.4 Å². The van der Waals surface area contributed by atoms with E-state index in [9.17, 15) is 0 Å². The van der Waals surface area contributed by atoms with Crippen molar-refractivity contribution in [1.29, 1.82) is 0 Å². The lowest BCUT2D eigenvalue weighted by Crippen LogP contribution is -1.95. The Labute approximate surface area is 109 Å². The van der Waals surface area contributed by atoms with Crippen LogP contribution in [0.15, 0.2) is 6.07 Å². The van der Waals surface area contributed by atoms with Gasteiger partial charge in [-0.3, -0.25) is 0 Å². The third-order valence-corrected chi connectivity index (χ3v) is 4.53. The summed E-state index contributed by atoms with van der Waals surface area (Å²) in [6.45, 7) is 3.59. The summed E-state index contributed by atoms with van der Waals surface area (Å²) >= 11 is 5.30. The molecule has 2 nitrogen and oxygen atoms in total. The number of ether oxygens (including phenoxy) is 2. The van der Waals surface area contributed by atoms with Crippen molar-refractivity contribution in [3.63, 3.8) is 0 Å². The Bertz CT molecular complexity index is 332. The molecular weight excluding hydrogens is 288 g/mol. The molecule has 1 aromatic rings. The zero-order chi connectivity index (χ0) is 11.4. The molecule has 4 heteroatoms. The molecule has 1 saturated heterocycles. The lowest BCUT2D eigenvalue weighted by molar-refractivity contribution is -0.0417. The number of unbranched alkanes of at least 4 members (excludes halogenated alkanes) is 1.